The molecule has 0 saturated heterocycles. The van der Waals surface area contributed by atoms with Crippen molar-refractivity contribution in [3.8, 4) is 0 Å². The highest BCUT2D eigenvalue weighted by Gasteiger charge is 2.64. The average molecular weight is 461 g/mol. The van der Waals surface area contributed by atoms with Crippen LogP contribution in [0.25, 0.3) is 0 Å². The van der Waals surface area contributed by atoms with Crippen molar-refractivity contribution in [1.29, 1.82) is 0 Å². The Bertz CT molecular complexity index is 774. The van der Waals surface area contributed by atoms with Crippen LogP contribution in [0.4, 0.5) is 0 Å². The molecule has 0 aromatic rings. The summed E-state index contributed by atoms with van der Waals surface area (Å²) in [6.45, 7) is 11.8. The molecule has 4 nitrogen and oxygen atoms in total. The predicted octanol–water partition coefficient (Wildman–Crippen LogP) is 6.20. The van der Waals surface area contributed by atoms with Crippen molar-refractivity contribution in [2.45, 2.75) is 117 Å². The van der Waals surface area contributed by atoms with Crippen molar-refractivity contribution in [3.05, 3.63) is 11.6 Å². The monoisotopic (exact) mass is 460 g/mol. The maximum Gasteiger partial charge on any atom is 0.303 e. The van der Waals surface area contributed by atoms with E-state index in [1.807, 2.05) is 6.08 Å². The largest absolute Gasteiger partial charge is 0.481 e. The van der Waals surface area contributed by atoms with Crippen molar-refractivity contribution in [2.75, 3.05) is 0 Å². The van der Waals surface area contributed by atoms with E-state index in [4.69, 9.17) is 0 Å². The zero-order chi connectivity index (χ0) is 24.2. The topological polar surface area (TPSA) is 77.8 Å². The molecule has 9 atom stereocenters. The lowest BCUT2D eigenvalue weighted by Crippen LogP contribution is -2.64. The smallest absolute Gasteiger partial charge is 0.303 e. The number of hydrogen-bond donors (Lipinski definition) is 3. The minimum atomic E-state index is -1.21. The van der Waals surface area contributed by atoms with Crippen LogP contribution >= 0.6 is 0 Å². The summed E-state index contributed by atoms with van der Waals surface area (Å²) in [6.07, 6.45) is 12.0. The van der Waals surface area contributed by atoms with E-state index in [2.05, 4.69) is 34.6 Å². The summed E-state index contributed by atoms with van der Waals surface area (Å²) in [7, 11) is 0. The molecule has 4 rings (SSSR count). The summed E-state index contributed by atoms with van der Waals surface area (Å²) in [5, 5.41) is 32.4. The number of carbonyl (C=O) groups is 1. The first-order valence-corrected chi connectivity index (χ1v) is 13.8. The van der Waals surface area contributed by atoms with E-state index < -0.39 is 17.7 Å². The molecule has 3 N–H and O–H groups in total. The number of aliphatic carboxylic acids is 1. The molecule has 33 heavy (non-hydrogen) atoms. The lowest BCUT2D eigenvalue weighted by molar-refractivity contribution is -0.203. The molecule has 0 radical (unpaired) electrons. The van der Waals surface area contributed by atoms with Crippen LogP contribution in [0.5, 0.6) is 0 Å². The summed E-state index contributed by atoms with van der Waals surface area (Å²) < 4.78 is 0. The number of carboxylic acid groups (broad SMARTS) is 1. The van der Waals surface area contributed by atoms with Crippen molar-refractivity contribution in [3.63, 3.8) is 0 Å². The molecule has 0 aliphatic heterocycles. The van der Waals surface area contributed by atoms with Crippen molar-refractivity contribution in [2.24, 2.45) is 46.3 Å². The summed E-state index contributed by atoms with van der Waals surface area (Å²) in [4.78, 5) is 11.3. The summed E-state index contributed by atoms with van der Waals surface area (Å²) >= 11 is 0. The maximum absolute atomic E-state index is 11.8. The van der Waals surface area contributed by atoms with Gasteiger partial charge in [0.15, 0.2) is 0 Å². The molecule has 4 heteroatoms. The normalized spacial score (nSPS) is 45.7. The lowest BCUT2D eigenvalue weighted by Gasteiger charge is -2.62. The van der Waals surface area contributed by atoms with Crippen LogP contribution in [0.1, 0.15) is 105 Å². The zero-order valence-electron chi connectivity index (χ0n) is 21.6. The number of hydrogen-bond acceptors (Lipinski definition) is 3. The van der Waals surface area contributed by atoms with Gasteiger partial charge in [-0.2, -0.15) is 0 Å². The Kier molecular flexibility index (Phi) is 6.86. The number of aliphatic hydroxyl groups is 2. The van der Waals surface area contributed by atoms with E-state index in [9.17, 15) is 20.1 Å². The van der Waals surface area contributed by atoms with Gasteiger partial charge in [-0.05, 0) is 85.9 Å². The fourth-order valence-corrected chi connectivity index (χ4v) is 9.11. The third kappa shape index (κ3) is 4.11. The van der Waals surface area contributed by atoms with Gasteiger partial charge in [-0.3, -0.25) is 4.79 Å². The fraction of sp³-hybridized carbons (Fsp3) is 0.897. The first-order chi connectivity index (χ1) is 15.4. The Morgan fingerprint density at radius 1 is 1.06 bits per heavy atom. The summed E-state index contributed by atoms with van der Waals surface area (Å²) in [5.41, 5.74) is 0.145. The Balaban J connectivity index is 1.56. The zero-order valence-corrected chi connectivity index (χ0v) is 21.6. The molecule has 4 aliphatic carbocycles. The highest BCUT2D eigenvalue weighted by molar-refractivity contribution is 5.67. The Morgan fingerprint density at radius 3 is 2.45 bits per heavy atom. The van der Waals surface area contributed by atoms with Crippen LogP contribution in [0.15, 0.2) is 11.6 Å². The molecule has 0 aromatic carbocycles. The number of carboxylic acids is 1. The first kappa shape index (κ1) is 25.2. The second-order valence-electron chi connectivity index (χ2n) is 13.3. The molecule has 3 fully saturated rings. The molecule has 0 spiro atoms. The third-order valence-electron chi connectivity index (χ3n) is 11.0. The Morgan fingerprint density at radius 2 is 1.79 bits per heavy atom. The molecule has 4 aliphatic rings. The lowest BCUT2D eigenvalue weighted by atomic mass is 9.45. The van der Waals surface area contributed by atoms with Crippen LogP contribution in [0.2, 0.25) is 0 Å². The molecule has 3 saturated carbocycles. The molecule has 0 amide bonds. The van der Waals surface area contributed by atoms with Crippen molar-refractivity contribution in [1.82, 2.24) is 0 Å². The van der Waals surface area contributed by atoms with E-state index >= 15 is 0 Å². The van der Waals surface area contributed by atoms with Crippen LogP contribution < -0.4 is 0 Å². The average Bonchev–Trinajstić information content (AvgIpc) is 3.07. The van der Waals surface area contributed by atoms with Gasteiger partial charge in [-0.25, -0.2) is 0 Å². The van der Waals surface area contributed by atoms with Gasteiger partial charge in [0.25, 0.3) is 0 Å². The molecular formula is C29H48O4. The Labute approximate surface area is 201 Å². The first-order valence-electron chi connectivity index (χ1n) is 13.8. The maximum atomic E-state index is 11.8. The number of aliphatic hydroxyl groups excluding tert-OH is 1. The van der Waals surface area contributed by atoms with Gasteiger partial charge in [0.1, 0.15) is 11.7 Å². The van der Waals surface area contributed by atoms with Crippen LogP contribution in [0, 0.1) is 46.3 Å². The van der Waals surface area contributed by atoms with Gasteiger partial charge in [-0.15, -0.1) is 0 Å². The highest BCUT2D eigenvalue weighted by Crippen LogP contribution is 2.68. The second kappa shape index (κ2) is 8.97. The fourth-order valence-electron chi connectivity index (χ4n) is 9.11. The number of allylic oxidation sites excluding steroid dienone is 1. The van der Waals surface area contributed by atoms with Crippen LogP contribution in [0.3, 0.4) is 0 Å². The van der Waals surface area contributed by atoms with Gasteiger partial charge < -0.3 is 15.3 Å². The van der Waals surface area contributed by atoms with Gasteiger partial charge in [0, 0.05) is 11.8 Å². The van der Waals surface area contributed by atoms with Crippen LogP contribution in [-0.2, 0) is 4.79 Å². The number of fused-ring (bicyclic) bond motifs is 5. The third-order valence-corrected chi connectivity index (χ3v) is 11.0. The quantitative estimate of drug-likeness (QED) is 0.395. The summed E-state index contributed by atoms with van der Waals surface area (Å²) in [6, 6.07) is 0. The van der Waals surface area contributed by atoms with E-state index in [-0.39, 0.29) is 17.8 Å². The minimum Gasteiger partial charge on any atom is -0.481 e. The van der Waals surface area contributed by atoms with Gasteiger partial charge in [0.2, 0.25) is 0 Å². The van der Waals surface area contributed by atoms with Gasteiger partial charge in [0.05, 0.1) is 0 Å². The minimum absolute atomic E-state index is 0.0541. The predicted molar refractivity (Wildman–Crippen MR) is 132 cm³/mol. The molecule has 0 heterocycles. The van der Waals surface area contributed by atoms with Gasteiger partial charge in [-0.1, -0.05) is 65.5 Å². The van der Waals surface area contributed by atoms with Crippen LogP contribution in [-0.4, -0.2) is 33.0 Å². The van der Waals surface area contributed by atoms with Crippen molar-refractivity contribution < 1.29 is 20.1 Å². The number of rotatable bonds is 7. The Hall–Kier alpha value is -0.870. The van der Waals surface area contributed by atoms with E-state index in [1.54, 1.807) is 0 Å². The van der Waals surface area contributed by atoms with E-state index in [0.717, 1.165) is 37.0 Å². The second-order valence-corrected chi connectivity index (χ2v) is 13.3. The van der Waals surface area contributed by atoms with Crippen molar-refractivity contribution >= 4 is 5.97 Å². The molecule has 3 unspecified atom stereocenters. The molecular weight excluding hydrogens is 412 g/mol. The van der Waals surface area contributed by atoms with E-state index in [1.165, 1.54) is 44.1 Å². The summed E-state index contributed by atoms with van der Waals surface area (Å²) in [5.74, 6) is 2.23. The molecule has 0 bridgehead atoms. The molecule has 0 aromatic heterocycles. The van der Waals surface area contributed by atoms with E-state index in [0.29, 0.717) is 23.7 Å². The SMILES string of the molecule is CC(C)CCC[C@@H](C)[C@H]1CCC2C3=C[C@@H](O)C4(O)C[C@@H](CC(=O)O)CC[C@]4(C)C3CC[C@@]21C. The standard InChI is InChI=1S/C29H48O4/c1-18(2)7-6-8-19(3)22-9-10-23-21-16-25(30)29(33)17-20(15-26(31)32)11-14-28(29,5)24(21)12-13-27(22,23)4/h16,18-20,22-25,30,33H,6-15,17H2,1-5H3,(H,31,32)/t19-,20-,22-,23?,24?,25-,27-,28-,29?/m1/s1. The highest BCUT2D eigenvalue weighted by atomic mass is 16.4. The molecule has 188 valence electrons. The van der Waals surface area contributed by atoms with Gasteiger partial charge >= 0.3 is 5.97 Å².